The molecule has 15 heavy (non-hydrogen) atoms. The van der Waals surface area contributed by atoms with Crippen molar-refractivity contribution in [3.8, 4) is 0 Å². The lowest BCUT2D eigenvalue weighted by Crippen LogP contribution is -2.59. The van der Waals surface area contributed by atoms with E-state index in [1.54, 1.807) is 0 Å². The molecule has 7 nitrogen and oxygen atoms in total. The van der Waals surface area contributed by atoms with Crippen LogP contribution in [0.2, 0.25) is 0 Å². The molecule has 0 aromatic rings. The van der Waals surface area contributed by atoms with Crippen LogP contribution in [-0.2, 0) is 0 Å². The van der Waals surface area contributed by atoms with Crippen molar-refractivity contribution in [1.82, 2.24) is 5.01 Å². The van der Waals surface area contributed by atoms with Crippen molar-refractivity contribution in [2.75, 3.05) is 33.4 Å². The third kappa shape index (κ3) is 3.35. The quantitative estimate of drug-likeness (QED) is 0.153. The number of nitrogens with two attached hydrogens (primary N) is 1. The van der Waals surface area contributed by atoms with Gasteiger partial charge in [-0.3, -0.25) is 5.84 Å². The van der Waals surface area contributed by atoms with E-state index in [9.17, 15) is 10.2 Å². The third-order valence-electron chi connectivity index (χ3n) is 2.51. The van der Waals surface area contributed by atoms with Crippen LogP contribution in [0.15, 0.2) is 0 Å². The first-order chi connectivity index (χ1) is 6.85. The predicted octanol–water partition coefficient (Wildman–Crippen LogP) is -3.17. The highest BCUT2D eigenvalue weighted by atomic mass is 16.5. The summed E-state index contributed by atoms with van der Waals surface area (Å²) in [4.78, 5) is 0. The van der Waals surface area contributed by atoms with E-state index in [2.05, 4.69) is 0 Å². The third-order valence-corrected chi connectivity index (χ3v) is 2.51. The molecule has 0 amide bonds. The average molecular weight is 224 g/mol. The van der Waals surface area contributed by atoms with Crippen molar-refractivity contribution in [2.24, 2.45) is 11.3 Å². The van der Waals surface area contributed by atoms with E-state index in [1.807, 2.05) is 0 Å². The van der Waals surface area contributed by atoms with Crippen LogP contribution in [0.5, 0.6) is 0 Å². The fourth-order valence-corrected chi connectivity index (χ4v) is 1.39. The molecule has 7 N–H and O–H groups in total. The lowest BCUT2D eigenvalue weighted by molar-refractivity contribution is -0.273. The van der Waals surface area contributed by atoms with Crippen LogP contribution in [0.1, 0.15) is 6.42 Å². The Labute approximate surface area is 88.3 Å². The Balaban J connectivity index is 4.85. The van der Waals surface area contributed by atoms with Gasteiger partial charge in [0, 0.05) is 13.7 Å². The zero-order valence-corrected chi connectivity index (χ0v) is 8.80. The maximum absolute atomic E-state index is 9.73. The molecule has 0 aromatic heterocycles. The molecule has 0 bridgehead atoms. The maximum atomic E-state index is 9.73. The number of likely N-dealkylation sites (N-methyl/N-ethyl adjacent to an activating group) is 1. The Bertz CT molecular complexity index is 182. The van der Waals surface area contributed by atoms with Crippen LogP contribution in [0.3, 0.4) is 0 Å². The second-order valence-electron chi connectivity index (χ2n) is 3.80. The van der Waals surface area contributed by atoms with E-state index in [4.69, 9.17) is 21.2 Å². The zero-order chi connectivity index (χ0) is 12.1. The molecule has 0 heterocycles. The van der Waals surface area contributed by atoms with Gasteiger partial charge in [0.05, 0.1) is 25.2 Å². The van der Waals surface area contributed by atoms with E-state index in [0.29, 0.717) is 0 Å². The molecule has 0 saturated heterocycles. The van der Waals surface area contributed by atoms with Gasteiger partial charge < -0.3 is 25.5 Å². The van der Waals surface area contributed by atoms with Gasteiger partial charge in [0.1, 0.15) is 0 Å². The Kier molecular flexibility index (Phi) is 5.60. The van der Waals surface area contributed by atoms with Crippen molar-refractivity contribution in [3.63, 3.8) is 0 Å². The number of aliphatic hydroxyl groups excluding tert-OH is 3. The molecule has 0 spiro atoms. The highest BCUT2D eigenvalue weighted by Gasteiger charge is 2.48. The van der Waals surface area contributed by atoms with Crippen molar-refractivity contribution >= 4 is 0 Å². The maximum Gasteiger partial charge on any atom is 0.187 e. The molecule has 92 valence electrons. The van der Waals surface area contributed by atoms with Crippen molar-refractivity contribution < 1.29 is 25.5 Å². The molecule has 0 unspecified atom stereocenters. The topological polar surface area (TPSA) is 130 Å². The predicted molar refractivity (Wildman–Crippen MR) is 52.3 cm³/mol. The molecule has 7 heteroatoms. The van der Waals surface area contributed by atoms with Crippen LogP contribution in [0, 0.1) is 5.41 Å². The monoisotopic (exact) mass is 224 g/mol. The number of hydrogen-bond acceptors (Lipinski definition) is 7. The average Bonchev–Trinajstić information content (AvgIpc) is 2.11. The number of rotatable bonds is 7. The fourth-order valence-electron chi connectivity index (χ4n) is 1.39. The van der Waals surface area contributed by atoms with Crippen LogP contribution < -0.4 is 5.84 Å². The normalized spacial score (nSPS) is 13.6. The van der Waals surface area contributed by atoms with Gasteiger partial charge >= 0.3 is 0 Å². The minimum absolute atomic E-state index is 0.138. The molecular formula is C8H20N2O5. The van der Waals surface area contributed by atoms with Gasteiger partial charge in [-0.05, 0) is 6.42 Å². The lowest BCUT2D eigenvalue weighted by atomic mass is 9.77. The van der Waals surface area contributed by atoms with Crippen LogP contribution in [-0.4, -0.2) is 69.7 Å². The molecule has 0 aliphatic carbocycles. The minimum Gasteiger partial charge on any atom is -0.396 e. The van der Waals surface area contributed by atoms with Crippen LogP contribution in [0.4, 0.5) is 0 Å². The molecule has 0 aliphatic rings. The van der Waals surface area contributed by atoms with Crippen molar-refractivity contribution in [1.29, 1.82) is 0 Å². The molecule has 0 aliphatic heterocycles. The SMILES string of the molecule is CN(N)CC(O)(O)C(CO)(CO)CCO. The Hall–Kier alpha value is -0.280. The van der Waals surface area contributed by atoms with E-state index in [1.165, 1.54) is 7.05 Å². The molecule has 0 rings (SSSR count). The molecule has 0 aromatic carbocycles. The summed E-state index contributed by atoms with van der Waals surface area (Å²) in [5.41, 5.74) is -1.59. The summed E-state index contributed by atoms with van der Waals surface area (Å²) in [7, 11) is 1.42. The Morgan fingerprint density at radius 2 is 1.60 bits per heavy atom. The Morgan fingerprint density at radius 1 is 1.13 bits per heavy atom. The van der Waals surface area contributed by atoms with Crippen LogP contribution >= 0.6 is 0 Å². The smallest absolute Gasteiger partial charge is 0.187 e. The van der Waals surface area contributed by atoms with Gasteiger partial charge in [0.15, 0.2) is 5.79 Å². The van der Waals surface area contributed by atoms with Gasteiger partial charge in [-0.25, -0.2) is 5.01 Å². The first-order valence-electron chi connectivity index (χ1n) is 4.58. The van der Waals surface area contributed by atoms with Gasteiger partial charge in [0.25, 0.3) is 0 Å². The van der Waals surface area contributed by atoms with Gasteiger partial charge in [0.2, 0.25) is 0 Å². The van der Waals surface area contributed by atoms with E-state index in [0.717, 1.165) is 5.01 Å². The van der Waals surface area contributed by atoms with E-state index < -0.39 is 24.4 Å². The van der Waals surface area contributed by atoms with E-state index in [-0.39, 0.29) is 19.6 Å². The van der Waals surface area contributed by atoms with Crippen LogP contribution in [0.25, 0.3) is 0 Å². The second-order valence-corrected chi connectivity index (χ2v) is 3.80. The summed E-state index contributed by atoms with van der Waals surface area (Å²) in [5.74, 6) is 2.90. The first kappa shape index (κ1) is 14.7. The first-order valence-corrected chi connectivity index (χ1v) is 4.58. The highest BCUT2D eigenvalue weighted by molar-refractivity contribution is 4.92. The summed E-state index contributed by atoms with van der Waals surface area (Å²) >= 11 is 0. The van der Waals surface area contributed by atoms with Gasteiger partial charge in [-0.15, -0.1) is 0 Å². The summed E-state index contributed by atoms with van der Waals surface area (Å²) in [6.45, 7) is -2.05. The minimum atomic E-state index is -2.37. The molecular weight excluding hydrogens is 204 g/mol. The van der Waals surface area contributed by atoms with Crippen molar-refractivity contribution in [2.45, 2.75) is 12.2 Å². The lowest BCUT2D eigenvalue weighted by Gasteiger charge is -2.42. The Morgan fingerprint density at radius 3 is 1.87 bits per heavy atom. The van der Waals surface area contributed by atoms with E-state index >= 15 is 0 Å². The number of hydrazine groups is 1. The summed E-state index contributed by atoms with van der Waals surface area (Å²) < 4.78 is 0. The molecule has 0 saturated carbocycles. The highest BCUT2D eigenvalue weighted by Crippen LogP contribution is 2.32. The summed E-state index contributed by atoms with van der Waals surface area (Å²) in [6, 6.07) is 0. The number of aliphatic hydroxyl groups is 5. The molecule has 0 fully saturated rings. The molecule has 0 radical (unpaired) electrons. The summed E-state index contributed by atoms with van der Waals surface area (Å²) in [6.07, 6.45) is -0.138. The number of nitrogens with zero attached hydrogens (tertiary/aromatic N) is 1. The second kappa shape index (κ2) is 5.71. The van der Waals surface area contributed by atoms with Gasteiger partial charge in [-0.2, -0.15) is 0 Å². The van der Waals surface area contributed by atoms with Crippen molar-refractivity contribution in [3.05, 3.63) is 0 Å². The number of hydrogen-bond donors (Lipinski definition) is 6. The fraction of sp³-hybridized carbons (Fsp3) is 1.00. The van der Waals surface area contributed by atoms with Gasteiger partial charge in [-0.1, -0.05) is 0 Å². The largest absolute Gasteiger partial charge is 0.396 e. The standard InChI is InChI=1S/C8H20N2O5/c1-10(9)4-8(14,15)7(5-12,6-13)2-3-11/h11-15H,2-6,9H2,1H3. The zero-order valence-electron chi connectivity index (χ0n) is 8.80. The summed E-state index contributed by atoms with van der Waals surface area (Å²) in [5, 5.41) is 47.5. The molecule has 0 atom stereocenters.